The molecule has 1 atom stereocenters. The molecule has 1 amide bonds. The van der Waals surface area contributed by atoms with Crippen LogP contribution in [0.5, 0.6) is 0 Å². The Morgan fingerprint density at radius 3 is 2.78 bits per heavy atom. The van der Waals surface area contributed by atoms with Crippen LogP contribution in [0.25, 0.3) is 0 Å². The third-order valence-electron chi connectivity index (χ3n) is 3.97. The van der Waals surface area contributed by atoms with Crippen LogP contribution in [0.15, 0.2) is 46.1 Å². The number of benzene rings is 1. The van der Waals surface area contributed by atoms with Crippen molar-refractivity contribution < 1.29 is 9.18 Å². The minimum Gasteiger partial charge on any atom is -0.357 e. The largest absolute Gasteiger partial charge is 0.357 e. The van der Waals surface area contributed by atoms with E-state index in [0.29, 0.717) is 6.04 Å². The van der Waals surface area contributed by atoms with Crippen LogP contribution in [0.3, 0.4) is 0 Å². The number of rotatable bonds is 8. The molecule has 0 unspecified atom stereocenters. The topological polar surface area (TPSA) is 66.9 Å². The maximum atomic E-state index is 13.2. The first-order valence-electron chi connectivity index (χ1n) is 8.48. The van der Waals surface area contributed by atoms with Crippen LogP contribution < -0.4 is 10.6 Å². The van der Waals surface area contributed by atoms with Crippen LogP contribution in [0.1, 0.15) is 29.3 Å². The molecule has 5 nitrogen and oxygen atoms in total. The van der Waals surface area contributed by atoms with Crippen molar-refractivity contribution in [3.05, 3.63) is 58.0 Å². The highest BCUT2D eigenvalue weighted by atomic mass is 32.2. The summed E-state index contributed by atoms with van der Waals surface area (Å²) in [5, 5.41) is 17.3. The quantitative estimate of drug-likeness (QED) is 0.532. The summed E-state index contributed by atoms with van der Waals surface area (Å²) in [6, 6.07) is 10.4. The summed E-state index contributed by atoms with van der Waals surface area (Å²) in [6.07, 6.45) is 2.36. The van der Waals surface area contributed by atoms with Crippen molar-refractivity contribution in [2.24, 2.45) is 0 Å². The van der Waals surface area contributed by atoms with Gasteiger partial charge in [-0.2, -0.15) is 0 Å². The molecule has 1 fully saturated rings. The number of carbonyl (C=O) groups excluding carboxylic acids is 1. The van der Waals surface area contributed by atoms with Gasteiger partial charge in [-0.1, -0.05) is 41.3 Å². The van der Waals surface area contributed by atoms with E-state index in [9.17, 15) is 9.18 Å². The lowest BCUT2D eigenvalue weighted by Crippen LogP contribution is -2.30. The third-order valence-corrected chi connectivity index (χ3v) is 6.90. The van der Waals surface area contributed by atoms with E-state index in [2.05, 4.69) is 20.8 Å². The van der Waals surface area contributed by atoms with Gasteiger partial charge in [-0.05, 0) is 42.0 Å². The second-order valence-corrected chi connectivity index (χ2v) is 9.33. The van der Waals surface area contributed by atoms with E-state index in [1.165, 1.54) is 48.1 Å². The Labute approximate surface area is 168 Å². The van der Waals surface area contributed by atoms with Crippen molar-refractivity contribution in [1.82, 2.24) is 15.5 Å². The maximum Gasteiger partial charge on any atom is 0.231 e. The van der Waals surface area contributed by atoms with Crippen LogP contribution in [0.4, 0.5) is 9.52 Å². The standard InChI is InChI=1S/C18H17FN4OS3/c19-12-5-3-11(4-6-12)16(14-2-1-9-25-14)21-15(24)10-26-18-23-22-17(27-18)20-13-7-8-13/h1-6,9,13,16H,7-8,10H2,(H,20,22)(H,21,24)/t16-/m0/s1. The number of hydrogen-bond donors (Lipinski definition) is 2. The second kappa shape index (κ2) is 8.37. The number of halogens is 1. The van der Waals surface area contributed by atoms with Gasteiger partial charge >= 0.3 is 0 Å². The fraction of sp³-hybridized carbons (Fsp3) is 0.278. The van der Waals surface area contributed by atoms with Crippen molar-refractivity contribution in [1.29, 1.82) is 0 Å². The Morgan fingerprint density at radius 2 is 2.07 bits per heavy atom. The number of thiophene rings is 1. The molecule has 0 radical (unpaired) electrons. The van der Waals surface area contributed by atoms with E-state index in [1.54, 1.807) is 23.5 Å². The lowest BCUT2D eigenvalue weighted by molar-refractivity contribution is -0.119. The Balaban J connectivity index is 1.37. The third kappa shape index (κ3) is 5.06. The summed E-state index contributed by atoms with van der Waals surface area (Å²) >= 11 is 4.40. The zero-order valence-corrected chi connectivity index (χ0v) is 16.7. The monoisotopic (exact) mass is 420 g/mol. The molecule has 1 aliphatic carbocycles. The lowest BCUT2D eigenvalue weighted by atomic mass is 10.1. The number of amides is 1. The molecule has 2 N–H and O–H groups in total. The summed E-state index contributed by atoms with van der Waals surface area (Å²) in [7, 11) is 0. The number of aromatic nitrogens is 2. The van der Waals surface area contributed by atoms with Crippen molar-refractivity contribution in [3.63, 3.8) is 0 Å². The SMILES string of the molecule is O=C(CSc1nnc(NC2CC2)s1)N[C@@H](c1ccc(F)cc1)c1cccs1. The van der Waals surface area contributed by atoms with Crippen molar-refractivity contribution in [3.8, 4) is 0 Å². The van der Waals surface area contributed by atoms with E-state index >= 15 is 0 Å². The molecule has 27 heavy (non-hydrogen) atoms. The molecule has 2 aromatic heterocycles. The van der Waals surface area contributed by atoms with Crippen LogP contribution in [0.2, 0.25) is 0 Å². The summed E-state index contributed by atoms with van der Waals surface area (Å²) in [5.41, 5.74) is 0.851. The molecule has 1 saturated carbocycles. The zero-order valence-electron chi connectivity index (χ0n) is 14.2. The molecular formula is C18H17FN4OS3. The van der Waals surface area contributed by atoms with Gasteiger partial charge in [-0.15, -0.1) is 21.5 Å². The maximum absolute atomic E-state index is 13.2. The fourth-order valence-electron chi connectivity index (χ4n) is 2.49. The fourth-order valence-corrected chi connectivity index (χ4v) is 4.93. The first kappa shape index (κ1) is 18.4. The molecule has 1 aliphatic rings. The Morgan fingerprint density at radius 1 is 1.26 bits per heavy atom. The highest BCUT2D eigenvalue weighted by molar-refractivity contribution is 8.01. The number of anilines is 1. The smallest absolute Gasteiger partial charge is 0.231 e. The summed E-state index contributed by atoms with van der Waals surface area (Å²) in [6.45, 7) is 0. The van der Waals surface area contributed by atoms with Gasteiger partial charge in [0, 0.05) is 10.9 Å². The van der Waals surface area contributed by atoms with Crippen LogP contribution in [-0.2, 0) is 4.79 Å². The minimum absolute atomic E-state index is 0.102. The van der Waals surface area contributed by atoms with E-state index in [-0.39, 0.29) is 23.5 Å². The van der Waals surface area contributed by atoms with Gasteiger partial charge in [0.15, 0.2) is 4.34 Å². The van der Waals surface area contributed by atoms with Gasteiger partial charge in [0.25, 0.3) is 0 Å². The number of nitrogens with zero attached hydrogens (tertiary/aromatic N) is 2. The van der Waals surface area contributed by atoms with E-state index < -0.39 is 0 Å². The van der Waals surface area contributed by atoms with Gasteiger partial charge in [-0.25, -0.2) is 4.39 Å². The second-order valence-electron chi connectivity index (χ2n) is 6.15. The Kier molecular flexibility index (Phi) is 5.70. The van der Waals surface area contributed by atoms with E-state index in [4.69, 9.17) is 0 Å². The number of thioether (sulfide) groups is 1. The Bertz CT molecular complexity index is 894. The molecular weight excluding hydrogens is 403 g/mol. The molecule has 4 rings (SSSR count). The number of carbonyl (C=O) groups is 1. The molecule has 0 spiro atoms. The van der Waals surface area contributed by atoms with Gasteiger partial charge in [0.2, 0.25) is 11.0 Å². The molecule has 0 bridgehead atoms. The molecule has 0 aliphatic heterocycles. The number of hydrogen-bond acceptors (Lipinski definition) is 7. The van der Waals surface area contributed by atoms with Crippen LogP contribution >= 0.6 is 34.4 Å². The highest BCUT2D eigenvalue weighted by Gasteiger charge is 2.23. The van der Waals surface area contributed by atoms with Crippen LogP contribution in [-0.4, -0.2) is 27.9 Å². The van der Waals surface area contributed by atoms with Crippen molar-refractivity contribution in [2.75, 3.05) is 11.1 Å². The van der Waals surface area contributed by atoms with Gasteiger partial charge in [0.05, 0.1) is 11.8 Å². The van der Waals surface area contributed by atoms with E-state index in [0.717, 1.165) is 19.9 Å². The van der Waals surface area contributed by atoms with Crippen molar-refractivity contribution >= 4 is 45.5 Å². The first-order chi connectivity index (χ1) is 13.2. The van der Waals surface area contributed by atoms with Crippen LogP contribution in [0, 0.1) is 5.82 Å². The Hall–Kier alpha value is -1.97. The normalized spacial score (nSPS) is 14.7. The highest BCUT2D eigenvalue weighted by Crippen LogP contribution is 2.31. The number of nitrogens with one attached hydrogen (secondary N) is 2. The molecule has 2 heterocycles. The van der Waals surface area contributed by atoms with Gasteiger partial charge < -0.3 is 10.6 Å². The summed E-state index contributed by atoms with van der Waals surface area (Å²) < 4.78 is 14.0. The molecule has 140 valence electrons. The first-order valence-corrected chi connectivity index (χ1v) is 11.2. The van der Waals surface area contributed by atoms with Gasteiger partial charge in [0.1, 0.15) is 5.82 Å². The zero-order chi connectivity index (χ0) is 18.6. The van der Waals surface area contributed by atoms with Crippen molar-refractivity contribution in [2.45, 2.75) is 29.3 Å². The molecule has 3 aromatic rings. The average molecular weight is 421 g/mol. The predicted molar refractivity (Wildman–Crippen MR) is 108 cm³/mol. The van der Waals surface area contributed by atoms with E-state index in [1.807, 2.05) is 17.5 Å². The summed E-state index contributed by atoms with van der Waals surface area (Å²) in [4.78, 5) is 13.5. The molecule has 1 aromatic carbocycles. The molecule has 0 saturated heterocycles. The predicted octanol–water partition coefficient (Wildman–Crippen LogP) is 4.31. The average Bonchev–Trinajstić information content (AvgIpc) is 3.13. The minimum atomic E-state index is -0.294. The van der Waals surface area contributed by atoms with Gasteiger partial charge in [-0.3, -0.25) is 4.79 Å². The summed E-state index contributed by atoms with van der Waals surface area (Å²) in [5.74, 6) is -0.145. The lowest BCUT2D eigenvalue weighted by Gasteiger charge is -2.18. The molecule has 9 heteroatoms.